The Morgan fingerprint density at radius 1 is 1.40 bits per heavy atom. The summed E-state index contributed by atoms with van der Waals surface area (Å²) in [7, 11) is 0. The summed E-state index contributed by atoms with van der Waals surface area (Å²) in [5.74, 6) is -2.78. The SMILES string of the molecule is O=C(O)c1nc(-c2sccc2NC(=O)C2CCCNC2)[nH]c(=O)c1O. The highest BCUT2D eigenvalue weighted by Crippen LogP contribution is 2.32. The van der Waals surface area contributed by atoms with Crippen molar-refractivity contribution in [1.82, 2.24) is 15.3 Å². The van der Waals surface area contributed by atoms with Crippen LogP contribution in [-0.4, -0.2) is 45.1 Å². The van der Waals surface area contributed by atoms with Gasteiger partial charge in [0, 0.05) is 6.54 Å². The predicted molar refractivity (Wildman–Crippen MR) is 91.0 cm³/mol. The summed E-state index contributed by atoms with van der Waals surface area (Å²) in [6, 6.07) is 1.65. The van der Waals surface area contributed by atoms with E-state index >= 15 is 0 Å². The number of H-pyrrole nitrogens is 1. The van der Waals surface area contributed by atoms with Gasteiger partial charge in [-0.15, -0.1) is 11.3 Å². The van der Waals surface area contributed by atoms with E-state index in [2.05, 4.69) is 20.6 Å². The summed E-state index contributed by atoms with van der Waals surface area (Å²) in [6.45, 7) is 1.49. The third kappa shape index (κ3) is 3.54. The minimum Gasteiger partial charge on any atom is -0.501 e. The molecule has 25 heavy (non-hydrogen) atoms. The maximum absolute atomic E-state index is 12.4. The van der Waals surface area contributed by atoms with Gasteiger partial charge in [-0.1, -0.05) is 0 Å². The van der Waals surface area contributed by atoms with Crippen LogP contribution in [0, 0.1) is 5.92 Å². The summed E-state index contributed by atoms with van der Waals surface area (Å²) in [6.07, 6.45) is 1.71. The number of amides is 1. The number of hydrogen-bond donors (Lipinski definition) is 5. The molecule has 0 bridgehead atoms. The largest absolute Gasteiger partial charge is 0.501 e. The number of aromatic nitrogens is 2. The zero-order valence-electron chi connectivity index (χ0n) is 13.0. The molecule has 1 unspecified atom stereocenters. The topological polar surface area (TPSA) is 144 Å². The van der Waals surface area contributed by atoms with Crippen molar-refractivity contribution in [1.29, 1.82) is 0 Å². The van der Waals surface area contributed by atoms with Gasteiger partial charge in [0.1, 0.15) is 0 Å². The molecule has 9 nitrogen and oxygen atoms in total. The van der Waals surface area contributed by atoms with E-state index in [-0.39, 0.29) is 17.6 Å². The maximum Gasteiger partial charge on any atom is 0.358 e. The fraction of sp³-hybridized carbons (Fsp3) is 0.333. The number of nitrogens with zero attached hydrogens (tertiary/aromatic N) is 1. The Balaban J connectivity index is 1.90. The van der Waals surface area contributed by atoms with Gasteiger partial charge < -0.3 is 25.8 Å². The summed E-state index contributed by atoms with van der Waals surface area (Å²) >= 11 is 1.19. The molecule has 0 aromatic carbocycles. The van der Waals surface area contributed by atoms with Crippen molar-refractivity contribution in [2.75, 3.05) is 18.4 Å². The van der Waals surface area contributed by atoms with E-state index in [4.69, 9.17) is 5.11 Å². The number of aromatic amines is 1. The molecule has 1 aliphatic rings. The summed E-state index contributed by atoms with van der Waals surface area (Å²) in [5, 5.41) is 26.2. The normalized spacial score (nSPS) is 17.2. The second-order valence-corrected chi connectivity index (χ2v) is 6.53. The van der Waals surface area contributed by atoms with Crippen LogP contribution in [-0.2, 0) is 4.79 Å². The second kappa shape index (κ2) is 7.03. The number of carboxylic acid groups (broad SMARTS) is 1. The van der Waals surface area contributed by atoms with Gasteiger partial charge in [-0.2, -0.15) is 0 Å². The number of aromatic hydroxyl groups is 1. The molecule has 1 saturated heterocycles. The van der Waals surface area contributed by atoms with Crippen LogP contribution in [0.1, 0.15) is 23.3 Å². The highest BCUT2D eigenvalue weighted by molar-refractivity contribution is 7.14. The average molecular weight is 364 g/mol. The number of hydrogen-bond acceptors (Lipinski definition) is 7. The van der Waals surface area contributed by atoms with Gasteiger partial charge in [0.25, 0.3) is 5.56 Å². The van der Waals surface area contributed by atoms with Crippen LogP contribution in [0.3, 0.4) is 0 Å². The number of carboxylic acids is 1. The first-order valence-corrected chi connectivity index (χ1v) is 8.51. The lowest BCUT2D eigenvalue weighted by molar-refractivity contribution is -0.120. The molecule has 3 heterocycles. The van der Waals surface area contributed by atoms with Crippen LogP contribution in [0.5, 0.6) is 5.75 Å². The summed E-state index contributed by atoms with van der Waals surface area (Å²) < 4.78 is 0. The van der Waals surface area contributed by atoms with Crippen LogP contribution < -0.4 is 16.2 Å². The quantitative estimate of drug-likeness (QED) is 0.540. The highest BCUT2D eigenvalue weighted by atomic mass is 32.1. The van der Waals surface area contributed by atoms with Gasteiger partial charge in [0.2, 0.25) is 11.7 Å². The molecule has 2 aromatic heterocycles. The van der Waals surface area contributed by atoms with Crippen LogP contribution in [0.15, 0.2) is 16.2 Å². The number of aromatic carboxylic acids is 1. The lowest BCUT2D eigenvalue weighted by Crippen LogP contribution is -2.37. The molecule has 132 valence electrons. The van der Waals surface area contributed by atoms with Gasteiger partial charge in [-0.05, 0) is 30.8 Å². The molecule has 0 radical (unpaired) electrons. The summed E-state index contributed by atoms with van der Waals surface area (Å²) in [4.78, 5) is 41.8. The van der Waals surface area contributed by atoms with E-state index in [1.165, 1.54) is 11.3 Å². The second-order valence-electron chi connectivity index (χ2n) is 5.61. The van der Waals surface area contributed by atoms with E-state index in [9.17, 15) is 19.5 Å². The van der Waals surface area contributed by atoms with Gasteiger partial charge in [-0.25, -0.2) is 9.78 Å². The van der Waals surface area contributed by atoms with Crippen molar-refractivity contribution in [2.45, 2.75) is 12.8 Å². The van der Waals surface area contributed by atoms with Crippen LogP contribution in [0.25, 0.3) is 10.7 Å². The minimum atomic E-state index is -1.51. The van der Waals surface area contributed by atoms with Crippen LogP contribution in [0.2, 0.25) is 0 Å². The molecule has 1 aliphatic heterocycles. The monoisotopic (exact) mass is 364 g/mol. The van der Waals surface area contributed by atoms with Crippen molar-refractivity contribution >= 4 is 28.9 Å². The van der Waals surface area contributed by atoms with Crippen molar-refractivity contribution in [2.24, 2.45) is 5.92 Å². The van der Waals surface area contributed by atoms with Gasteiger partial charge in [0.05, 0.1) is 16.5 Å². The Morgan fingerprint density at radius 2 is 2.20 bits per heavy atom. The lowest BCUT2D eigenvalue weighted by Gasteiger charge is -2.21. The predicted octanol–water partition coefficient (Wildman–Crippen LogP) is 0.840. The Labute approximate surface area is 145 Å². The van der Waals surface area contributed by atoms with Gasteiger partial charge in [-0.3, -0.25) is 9.59 Å². The van der Waals surface area contributed by atoms with E-state index in [0.717, 1.165) is 19.4 Å². The van der Waals surface area contributed by atoms with Crippen molar-refractivity contribution in [3.8, 4) is 16.5 Å². The van der Waals surface area contributed by atoms with Gasteiger partial charge >= 0.3 is 5.97 Å². The third-order valence-electron chi connectivity index (χ3n) is 3.90. The molecular formula is C15H16N4O5S. The molecular weight excluding hydrogens is 348 g/mol. The number of piperidine rings is 1. The number of carbonyl (C=O) groups excluding carboxylic acids is 1. The molecule has 0 saturated carbocycles. The lowest BCUT2D eigenvalue weighted by atomic mass is 9.99. The first-order chi connectivity index (χ1) is 12.0. The Bertz CT molecular complexity index is 869. The molecule has 5 N–H and O–H groups in total. The first kappa shape index (κ1) is 17.1. The summed E-state index contributed by atoms with van der Waals surface area (Å²) in [5.41, 5.74) is -1.25. The van der Waals surface area contributed by atoms with Crippen LogP contribution in [0.4, 0.5) is 5.69 Å². The number of anilines is 1. The van der Waals surface area contributed by atoms with E-state index in [1.807, 2.05) is 0 Å². The van der Waals surface area contributed by atoms with E-state index < -0.39 is 23.0 Å². The molecule has 0 aliphatic carbocycles. The number of thiophene rings is 1. The average Bonchev–Trinajstić information content (AvgIpc) is 3.05. The van der Waals surface area contributed by atoms with E-state index in [1.54, 1.807) is 11.4 Å². The fourth-order valence-electron chi connectivity index (χ4n) is 2.63. The first-order valence-electron chi connectivity index (χ1n) is 7.63. The zero-order valence-corrected chi connectivity index (χ0v) is 13.9. The number of rotatable bonds is 4. The van der Waals surface area contributed by atoms with Crippen molar-refractivity contribution < 1.29 is 19.8 Å². The molecule has 1 atom stereocenters. The standard InChI is InChI=1S/C15H16N4O5S/c20-10-9(15(23)24)18-12(19-14(10)22)11-8(3-5-25-11)17-13(21)7-2-1-4-16-6-7/h3,5,7,16,20H,1-2,4,6H2,(H,17,21)(H,23,24)(H,18,19,22). The highest BCUT2D eigenvalue weighted by Gasteiger charge is 2.24. The van der Waals surface area contributed by atoms with Crippen molar-refractivity contribution in [3.05, 3.63) is 27.5 Å². The molecule has 1 fully saturated rings. The number of carbonyl (C=O) groups is 2. The third-order valence-corrected chi connectivity index (χ3v) is 4.82. The molecule has 10 heteroatoms. The minimum absolute atomic E-state index is 0.0210. The Hall–Kier alpha value is -2.72. The molecule has 1 amide bonds. The maximum atomic E-state index is 12.4. The molecule has 2 aromatic rings. The smallest absolute Gasteiger partial charge is 0.358 e. The Morgan fingerprint density at radius 3 is 2.88 bits per heavy atom. The number of nitrogens with one attached hydrogen (secondary N) is 3. The van der Waals surface area contributed by atoms with E-state index in [0.29, 0.717) is 17.1 Å². The van der Waals surface area contributed by atoms with Gasteiger partial charge in [0.15, 0.2) is 11.5 Å². The fourth-order valence-corrected chi connectivity index (χ4v) is 3.42. The Kier molecular flexibility index (Phi) is 4.81. The zero-order chi connectivity index (χ0) is 18.0. The molecule has 0 spiro atoms. The van der Waals surface area contributed by atoms with Crippen LogP contribution >= 0.6 is 11.3 Å². The molecule has 3 rings (SSSR count). The van der Waals surface area contributed by atoms with Crippen molar-refractivity contribution in [3.63, 3.8) is 0 Å².